The van der Waals surface area contributed by atoms with Gasteiger partial charge in [0.15, 0.2) is 0 Å². The minimum Gasteiger partial charge on any atom is -0.289 e. The van der Waals surface area contributed by atoms with Crippen molar-refractivity contribution in [1.29, 1.82) is 0 Å². The molecule has 0 saturated carbocycles. The molecule has 1 atom stereocenters. The number of amides is 1. The highest BCUT2D eigenvalue weighted by Crippen LogP contribution is 2.33. The number of fused-ring (bicyclic) bond motifs is 1. The second-order valence-electron chi connectivity index (χ2n) is 7.64. The van der Waals surface area contributed by atoms with E-state index >= 15 is 0 Å². The molecule has 10 heteroatoms. The van der Waals surface area contributed by atoms with E-state index in [4.69, 9.17) is 0 Å². The fourth-order valence-corrected chi connectivity index (χ4v) is 3.78. The summed E-state index contributed by atoms with van der Waals surface area (Å²) in [5.74, 6) is -0.636. The summed E-state index contributed by atoms with van der Waals surface area (Å²) in [6.07, 6.45) is 0.490. The second kappa shape index (κ2) is 8.66. The van der Waals surface area contributed by atoms with Crippen LogP contribution in [0.5, 0.6) is 0 Å². The summed E-state index contributed by atoms with van der Waals surface area (Å²) in [6, 6.07) is 20.8. The van der Waals surface area contributed by atoms with Crippen molar-refractivity contribution in [2.45, 2.75) is 12.5 Å². The van der Waals surface area contributed by atoms with Crippen LogP contribution in [0.2, 0.25) is 0 Å². The van der Waals surface area contributed by atoms with Crippen LogP contribution in [0.4, 0.5) is 22.0 Å². The molecule has 0 bridgehead atoms. The first-order valence-corrected chi connectivity index (χ1v) is 10.4. The van der Waals surface area contributed by atoms with Gasteiger partial charge in [0.2, 0.25) is 0 Å². The molecular formula is C24H17FN6O3. The third-order valence-corrected chi connectivity index (χ3v) is 5.44. The molecule has 0 radical (unpaired) electrons. The lowest BCUT2D eigenvalue weighted by Gasteiger charge is -2.23. The summed E-state index contributed by atoms with van der Waals surface area (Å²) in [5.41, 5.74) is 2.42. The zero-order valence-corrected chi connectivity index (χ0v) is 17.6. The van der Waals surface area contributed by atoms with Crippen LogP contribution in [0, 0.1) is 15.9 Å². The Morgan fingerprint density at radius 2 is 1.82 bits per heavy atom. The van der Waals surface area contributed by atoms with E-state index in [2.05, 4.69) is 20.4 Å². The van der Waals surface area contributed by atoms with Crippen molar-refractivity contribution in [3.8, 4) is 0 Å². The number of carbonyl (C=O) groups excluding carboxylic acids is 1. The van der Waals surface area contributed by atoms with Gasteiger partial charge in [0.05, 0.1) is 16.7 Å². The van der Waals surface area contributed by atoms with E-state index in [1.807, 2.05) is 30.3 Å². The number of carbonyl (C=O) groups is 1. The zero-order chi connectivity index (χ0) is 23.7. The maximum Gasteiger partial charge on any atom is 0.270 e. The molecule has 4 aromatic rings. The van der Waals surface area contributed by atoms with Crippen molar-refractivity contribution in [1.82, 2.24) is 14.8 Å². The quantitative estimate of drug-likeness (QED) is 0.345. The Morgan fingerprint density at radius 3 is 2.56 bits per heavy atom. The normalized spacial score (nSPS) is 14.7. The number of nitro groups is 1. The summed E-state index contributed by atoms with van der Waals surface area (Å²) < 4.78 is 15.1. The summed E-state index contributed by atoms with van der Waals surface area (Å²) in [7, 11) is 0. The van der Waals surface area contributed by atoms with Gasteiger partial charge in [-0.1, -0.05) is 48.5 Å². The average Bonchev–Trinajstić information content (AvgIpc) is 3.27. The summed E-state index contributed by atoms with van der Waals surface area (Å²) >= 11 is 0. The first-order chi connectivity index (χ1) is 16.5. The van der Waals surface area contributed by atoms with Gasteiger partial charge in [-0.2, -0.15) is 4.98 Å². The SMILES string of the molecule is O=C(Nc1nc2n(n1)C(c1ccc(F)cc1)CC(c1ccccc1)=N2)c1cccc([N+](=O)[O-])c1. The molecular weight excluding hydrogens is 439 g/mol. The van der Waals surface area contributed by atoms with Gasteiger partial charge in [-0.3, -0.25) is 20.2 Å². The van der Waals surface area contributed by atoms with E-state index in [1.54, 1.807) is 16.8 Å². The molecule has 1 aromatic heterocycles. The van der Waals surface area contributed by atoms with Crippen molar-refractivity contribution in [2.75, 3.05) is 5.32 Å². The third-order valence-electron chi connectivity index (χ3n) is 5.44. The molecule has 0 fully saturated rings. The molecule has 5 rings (SSSR count). The first kappa shape index (κ1) is 21.1. The van der Waals surface area contributed by atoms with E-state index in [9.17, 15) is 19.3 Å². The molecule has 168 valence electrons. The Bertz CT molecular complexity index is 1420. The van der Waals surface area contributed by atoms with Crippen LogP contribution in [0.15, 0.2) is 83.9 Å². The van der Waals surface area contributed by atoms with Gasteiger partial charge in [0.25, 0.3) is 23.5 Å². The van der Waals surface area contributed by atoms with Crippen LogP contribution in [0.1, 0.15) is 33.9 Å². The summed E-state index contributed by atoms with van der Waals surface area (Å²) in [4.78, 5) is 32.1. The van der Waals surface area contributed by atoms with Crippen LogP contribution in [-0.4, -0.2) is 31.3 Å². The van der Waals surface area contributed by atoms with Gasteiger partial charge in [0.1, 0.15) is 5.82 Å². The van der Waals surface area contributed by atoms with E-state index < -0.39 is 10.8 Å². The lowest BCUT2D eigenvalue weighted by Crippen LogP contribution is -2.21. The Kier molecular flexibility index (Phi) is 5.38. The molecule has 0 saturated heterocycles. The van der Waals surface area contributed by atoms with Crippen molar-refractivity contribution in [3.63, 3.8) is 0 Å². The van der Waals surface area contributed by atoms with Crippen molar-refractivity contribution in [3.05, 3.63) is 111 Å². The second-order valence-corrected chi connectivity index (χ2v) is 7.64. The van der Waals surface area contributed by atoms with Gasteiger partial charge in [-0.05, 0) is 29.3 Å². The van der Waals surface area contributed by atoms with Crippen LogP contribution in [-0.2, 0) is 0 Å². The molecule has 1 aliphatic rings. The maximum absolute atomic E-state index is 13.5. The van der Waals surface area contributed by atoms with E-state index in [-0.39, 0.29) is 35.0 Å². The molecule has 3 aromatic carbocycles. The topological polar surface area (TPSA) is 115 Å². The number of benzene rings is 3. The minimum atomic E-state index is -0.586. The molecule has 0 spiro atoms. The van der Waals surface area contributed by atoms with Crippen LogP contribution >= 0.6 is 0 Å². The predicted molar refractivity (Wildman–Crippen MR) is 123 cm³/mol. The number of rotatable bonds is 5. The average molecular weight is 456 g/mol. The number of nitrogens with zero attached hydrogens (tertiary/aromatic N) is 5. The fraction of sp³-hybridized carbons (Fsp3) is 0.0833. The van der Waals surface area contributed by atoms with Crippen molar-refractivity contribution < 1.29 is 14.1 Å². The largest absolute Gasteiger partial charge is 0.289 e. The number of non-ortho nitro benzene ring substituents is 1. The molecule has 9 nitrogen and oxygen atoms in total. The van der Waals surface area contributed by atoms with Gasteiger partial charge in [0, 0.05) is 24.1 Å². The maximum atomic E-state index is 13.5. The summed E-state index contributed by atoms with van der Waals surface area (Å²) in [5, 5.41) is 18.0. The summed E-state index contributed by atoms with van der Waals surface area (Å²) in [6.45, 7) is 0. The fourth-order valence-electron chi connectivity index (χ4n) is 3.78. The van der Waals surface area contributed by atoms with Crippen molar-refractivity contribution in [2.24, 2.45) is 4.99 Å². The number of anilines is 1. The minimum absolute atomic E-state index is 0.0108. The van der Waals surface area contributed by atoms with Gasteiger partial charge < -0.3 is 0 Å². The van der Waals surface area contributed by atoms with Gasteiger partial charge in [-0.25, -0.2) is 14.1 Å². The van der Waals surface area contributed by atoms with Crippen molar-refractivity contribution >= 4 is 29.2 Å². The smallest absolute Gasteiger partial charge is 0.270 e. The standard InChI is InChI=1S/C24H17FN6O3/c25-18-11-9-16(10-12-18)21-14-20(15-5-2-1-3-6-15)26-24-28-23(29-30(21)24)27-22(32)17-7-4-8-19(13-17)31(33)34/h1-13,21H,14H2,(H,27,29,32). The Labute approximate surface area is 192 Å². The zero-order valence-electron chi connectivity index (χ0n) is 17.6. The number of halogens is 1. The third kappa shape index (κ3) is 4.16. The molecule has 2 heterocycles. The molecule has 1 aliphatic heterocycles. The number of hydrogen-bond donors (Lipinski definition) is 1. The van der Waals surface area contributed by atoms with E-state index in [0.717, 1.165) is 16.8 Å². The number of aliphatic imine (C=N–C) groups is 1. The molecule has 1 N–H and O–H groups in total. The molecule has 1 amide bonds. The van der Waals surface area contributed by atoms with E-state index in [1.165, 1.54) is 36.4 Å². The van der Waals surface area contributed by atoms with Crippen LogP contribution in [0.3, 0.4) is 0 Å². The van der Waals surface area contributed by atoms with Crippen LogP contribution < -0.4 is 5.32 Å². The lowest BCUT2D eigenvalue weighted by molar-refractivity contribution is -0.384. The van der Waals surface area contributed by atoms with Gasteiger partial charge in [-0.15, -0.1) is 5.10 Å². The Hall–Kier alpha value is -4.73. The molecule has 34 heavy (non-hydrogen) atoms. The highest BCUT2D eigenvalue weighted by molar-refractivity contribution is 6.04. The number of aromatic nitrogens is 3. The number of hydrogen-bond acceptors (Lipinski definition) is 6. The highest BCUT2D eigenvalue weighted by Gasteiger charge is 2.28. The van der Waals surface area contributed by atoms with E-state index in [0.29, 0.717) is 6.42 Å². The lowest BCUT2D eigenvalue weighted by atomic mass is 9.96. The number of nitro benzene ring substituents is 1. The monoisotopic (exact) mass is 456 g/mol. The predicted octanol–water partition coefficient (Wildman–Crippen LogP) is 4.69. The molecule has 0 aliphatic carbocycles. The number of nitrogens with one attached hydrogen (secondary N) is 1. The van der Waals surface area contributed by atoms with Crippen LogP contribution in [0.25, 0.3) is 0 Å². The highest BCUT2D eigenvalue weighted by atomic mass is 19.1. The van der Waals surface area contributed by atoms with Gasteiger partial charge >= 0.3 is 0 Å². The Balaban J connectivity index is 1.50. The first-order valence-electron chi connectivity index (χ1n) is 10.4. The molecule has 1 unspecified atom stereocenters. The Morgan fingerprint density at radius 1 is 1.06 bits per heavy atom.